The number of nitrogens with zero attached hydrogens (tertiary/aromatic N) is 1. The maximum Gasteiger partial charge on any atom is 0.220 e. The number of halogens is 1. The van der Waals surface area contributed by atoms with Gasteiger partial charge in [0, 0.05) is 24.9 Å². The molecule has 0 saturated carbocycles. The maximum atomic E-state index is 13.2. The van der Waals surface area contributed by atoms with E-state index in [1.54, 1.807) is 25.3 Å². The summed E-state index contributed by atoms with van der Waals surface area (Å²) in [4.78, 5) is 16.2. The van der Waals surface area contributed by atoms with Gasteiger partial charge < -0.3 is 9.73 Å². The normalized spacial score (nSPS) is 10.7. The van der Waals surface area contributed by atoms with Crippen molar-refractivity contribution in [2.24, 2.45) is 0 Å². The van der Waals surface area contributed by atoms with Crippen molar-refractivity contribution in [1.82, 2.24) is 10.3 Å². The highest BCUT2D eigenvalue weighted by Gasteiger charge is 2.09. The van der Waals surface area contributed by atoms with Gasteiger partial charge in [0.1, 0.15) is 5.82 Å². The largest absolute Gasteiger partial charge is 0.441 e. The molecule has 0 radical (unpaired) electrons. The molecule has 134 valence electrons. The lowest BCUT2D eigenvalue weighted by Crippen LogP contribution is -2.23. The molecule has 4 nitrogen and oxygen atoms in total. The fourth-order valence-electron chi connectivity index (χ4n) is 2.60. The van der Waals surface area contributed by atoms with Gasteiger partial charge in [0.25, 0.3) is 0 Å². The van der Waals surface area contributed by atoms with Crippen LogP contribution in [-0.4, -0.2) is 10.9 Å². The van der Waals surface area contributed by atoms with Crippen molar-refractivity contribution in [1.29, 1.82) is 0 Å². The smallest absolute Gasteiger partial charge is 0.220 e. The van der Waals surface area contributed by atoms with Gasteiger partial charge in [-0.2, -0.15) is 0 Å². The molecule has 0 atom stereocenters. The quantitative estimate of drug-likeness (QED) is 0.718. The fraction of sp³-hybridized carbons (Fsp3) is 0.238. The lowest BCUT2D eigenvalue weighted by Gasteiger charge is -2.06. The number of nitrogens with one attached hydrogen (secondary N) is 1. The van der Waals surface area contributed by atoms with Crippen molar-refractivity contribution >= 4 is 5.91 Å². The van der Waals surface area contributed by atoms with E-state index in [0.29, 0.717) is 30.2 Å². The molecular weight excluding hydrogens is 331 g/mol. The van der Waals surface area contributed by atoms with Crippen LogP contribution in [0.15, 0.2) is 53.1 Å². The van der Waals surface area contributed by atoms with Crippen LogP contribution in [-0.2, 0) is 17.8 Å². The standard InChI is InChI=1S/C21H21FN2O2/c1-14-3-6-17(7-4-14)19-13-24-21(26-19)10-9-20(25)23-12-16-5-8-18(22)15(2)11-16/h3-8,11,13H,9-10,12H2,1-2H3,(H,23,25). The van der Waals surface area contributed by atoms with Gasteiger partial charge in [-0.1, -0.05) is 42.0 Å². The van der Waals surface area contributed by atoms with E-state index >= 15 is 0 Å². The van der Waals surface area contributed by atoms with E-state index in [2.05, 4.69) is 10.3 Å². The molecule has 2 aromatic carbocycles. The number of aryl methyl sites for hydroxylation is 3. The molecule has 0 spiro atoms. The summed E-state index contributed by atoms with van der Waals surface area (Å²) in [6.07, 6.45) is 2.40. The van der Waals surface area contributed by atoms with Gasteiger partial charge in [0.15, 0.2) is 11.7 Å². The topological polar surface area (TPSA) is 55.1 Å². The SMILES string of the molecule is Cc1ccc(-c2cnc(CCC(=O)NCc3ccc(F)c(C)c3)o2)cc1. The second-order valence-corrected chi connectivity index (χ2v) is 6.34. The summed E-state index contributed by atoms with van der Waals surface area (Å²) in [5.74, 6) is 0.894. The first-order chi connectivity index (χ1) is 12.5. The molecule has 3 rings (SSSR count). The Bertz CT molecular complexity index is 901. The van der Waals surface area contributed by atoms with Gasteiger partial charge in [-0.25, -0.2) is 9.37 Å². The molecule has 1 heterocycles. The molecule has 0 unspecified atom stereocenters. The summed E-state index contributed by atoms with van der Waals surface area (Å²) in [7, 11) is 0. The maximum absolute atomic E-state index is 13.2. The number of carbonyl (C=O) groups is 1. The Labute approximate surface area is 152 Å². The summed E-state index contributed by atoms with van der Waals surface area (Å²) < 4.78 is 19.0. The van der Waals surface area contributed by atoms with Crippen LogP contribution in [0, 0.1) is 19.7 Å². The van der Waals surface area contributed by atoms with Gasteiger partial charge in [-0.05, 0) is 31.0 Å². The molecule has 0 aliphatic heterocycles. The summed E-state index contributed by atoms with van der Waals surface area (Å²) in [5, 5.41) is 2.83. The molecule has 0 saturated heterocycles. The molecule has 3 aromatic rings. The van der Waals surface area contributed by atoms with Gasteiger partial charge in [0.2, 0.25) is 5.91 Å². The number of aromatic nitrogens is 1. The van der Waals surface area contributed by atoms with Crippen molar-refractivity contribution in [3.63, 3.8) is 0 Å². The van der Waals surface area contributed by atoms with Crippen molar-refractivity contribution in [2.75, 3.05) is 0 Å². The molecule has 1 amide bonds. The van der Waals surface area contributed by atoms with Gasteiger partial charge in [-0.3, -0.25) is 4.79 Å². The van der Waals surface area contributed by atoms with Crippen LogP contribution in [0.4, 0.5) is 4.39 Å². The third-order valence-corrected chi connectivity index (χ3v) is 4.17. The third kappa shape index (κ3) is 4.57. The van der Waals surface area contributed by atoms with E-state index in [4.69, 9.17) is 4.42 Å². The number of amides is 1. The van der Waals surface area contributed by atoms with E-state index in [0.717, 1.165) is 11.1 Å². The van der Waals surface area contributed by atoms with E-state index in [1.165, 1.54) is 11.6 Å². The Morgan fingerprint density at radius 1 is 1.15 bits per heavy atom. The number of oxazole rings is 1. The molecule has 0 aliphatic rings. The van der Waals surface area contributed by atoms with Gasteiger partial charge >= 0.3 is 0 Å². The molecule has 1 N–H and O–H groups in total. The van der Waals surface area contributed by atoms with Crippen LogP contribution >= 0.6 is 0 Å². The Kier molecular flexibility index (Phi) is 5.46. The number of hydrogen-bond acceptors (Lipinski definition) is 3. The second kappa shape index (κ2) is 7.95. The highest BCUT2D eigenvalue weighted by molar-refractivity contribution is 5.76. The van der Waals surface area contributed by atoms with Crippen molar-refractivity contribution in [3.8, 4) is 11.3 Å². The zero-order valence-electron chi connectivity index (χ0n) is 14.9. The summed E-state index contributed by atoms with van der Waals surface area (Å²) >= 11 is 0. The zero-order chi connectivity index (χ0) is 18.5. The molecule has 1 aromatic heterocycles. The highest BCUT2D eigenvalue weighted by Crippen LogP contribution is 2.21. The minimum Gasteiger partial charge on any atom is -0.441 e. The first kappa shape index (κ1) is 17.9. The van der Waals surface area contributed by atoms with Crippen LogP contribution in [0.2, 0.25) is 0 Å². The average Bonchev–Trinajstić information content (AvgIpc) is 3.10. The molecule has 26 heavy (non-hydrogen) atoms. The highest BCUT2D eigenvalue weighted by atomic mass is 19.1. The molecule has 0 aliphatic carbocycles. The first-order valence-corrected chi connectivity index (χ1v) is 8.55. The molecular formula is C21H21FN2O2. The Morgan fingerprint density at radius 3 is 2.65 bits per heavy atom. The Balaban J connectivity index is 1.50. The van der Waals surface area contributed by atoms with Gasteiger partial charge in [0.05, 0.1) is 6.20 Å². The average molecular weight is 352 g/mol. The van der Waals surface area contributed by atoms with Crippen molar-refractivity contribution in [2.45, 2.75) is 33.2 Å². The van der Waals surface area contributed by atoms with Gasteiger partial charge in [-0.15, -0.1) is 0 Å². The van der Waals surface area contributed by atoms with E-state index in [1.807, 2.05) is 31.2 Å². The van der Waals surface area contributed by atoms with E-state index in [-0.39, 0.29) is 18.1 Å². The van der Waals surface area contributed by atoms with Crippen LogP contribution in [0.3, 0.4) is 0 Å². The Morgan fingerprint density at radius 2 is 1.92 bits per heavy atom. The van der Waals surface area contributed by atoms with Crippen LogP contribution < -0.4 is 5.32 Å². The molecule has 0 bridgehead atoms. The Hall–Kier alpha value is -2.95. The van der Waals surface area contributed by atoms with Crippen LogP contribution in [0.5, 0.6) is 0 Å². The predicted molar refractivity (Wildman–Crippen MR) is 98.0 cm³/mol. The molecule has 5 heteroatoms. The summed E-state index contributed by atoms with van der Waals surface area (Å²) in [6, 6.07) is 12.8. The van der Waals surface area contributed by atoms with Crippen LogP contribution in [0.25, 0.3) is 11.3 Å². The lowest BCUT2D eigenvalue weighted by atomic mass is 10.1. The zero-order valence-corrected chi connectivity index (χ0v) is 14.9. The first-order valence-electron chi connectivity index (χ1n) is 8.55. The van der Waals surface area contributed by atoms with E-state index < -0.39 is 0 Å². The minimum absolute atomic E-state index is 0.0953. The monoisotopic (exact) mass is 352 g/mol. The number of carbonyl (C=O) groups excluding carboxylic acids is 1. The van der Waals surface area contributed by atoms with Crippen molar-refractivity contribution in [3.05, 3.63) is 77.1 Å². The number of benzene rings is 2. The van der Waals surface area contributed by atoms with E-state index in [9.17, 15) is 9.18 Å². The minimum atomic E-state index is -0.242. The third-order valence-electron chi connectivity index (χ3n) is 4.17. The van der Waals surface area contributed by atoms with Crippen LogP contribution in [0.1, 0.15) is 29.0 Å². The predicted octanol–water partition coefficient (Wildman–Crippen LogP) is 4.35. The summed E-state index contributed by atoms with van der Waals surface area (Å²) in [6.45, 7) is 4.11. The second-order valence-electron chi connectivity index (χ2n) is 6.34. The lowest BCUT2D eigenvalue weighted by molar-refractivity contribution is -0.121. The number of rotatable bonds is 6. The summed E-state index contributed by atoms with van der Waals surface area (Å²) in [5.41, 5.74) is 3.59. The fourth-order valence-corrected chi connectivity index (χ4v) is 2.60. The van der Waals surface area contributed by atoms with Crippen molar-refractivity contribution < 1.29 is 13.6 Å². The number of hydrogen-bond donors (Lipinski definition) is 1. The molecule has 0 fully saturated rings.